The number of rotatable bonds is 2. The van der Waals surface area contributed by atoms with Gasteiger partial charge in [0.15, 0.2) is 5.76 Å². The molecule has 1 aromatic carbocycles. The molecule has 1 N–H and O–H groups in total. The van der Waals surface area contributed by atoms with Gasteiger partial charge in [0.2, 0.25) is 0 Å². The third-order valence-electron chi connectivity index (χ3n) is 2.35. The van der Waals surface area contributed by atoms with Gasteiger partial charge in [0.25, 0.3) is 5.17 Å². The summed E-state index contributed by atoms with van der Waals surface area (Å²) in [5.41, 5.74) is 2.18. The highest BCUT2D eigenvalue weighted by molar-refractivity contribution is 7.82. The number of nitrogens with zero attached hydrogens (tertiary/aromatic N) is 1. The molecule has 0 amide bonds. The zero-order chi connectivity index (χ0) is 12.4. The maximum Gasteiger partial charge on any atom is 0.267 e. The molecule has 2 rings (SSSR count). The van der Waals surface area contributed by atoms with Crippen LogP contribution in [0.5, 0.6) is 0 Å². The highest BCUT2D eigenvalue weighted by Crippen LogP contribution is 2.17. The predicted molar refractivity (Wildman–Crippen MR) is 78.2 cm³/mol. The molecule has 1 aromatic rings. The summed E-state index contributed by atoms with van der Waals surface area (Å²) in [6.45, 7) is 0. The Balaban J connectivity index is 2.21. The first-order valence-electron chi connectivity index (χ1n) is 5.08. The van der Waals surface area contributed by atoms with E-state index in [0.717, 1.165) is 11.3 Å². The van der Waals surface area contributed by atoms with E-state index in [4.69, 9.17) is 29.2 Å². The SMILES string of the molecule is CN(C)c1ccc(/C=C2/OC(=S)NC2=S)cc1. The van der Waals surface area contributed by atoms with Crippen molar-refractivity contribution in [1.29, 1.82) is 0 Å². The highest BCUT2D eigenvalue weighted by atomic mass is 32.1. The quantitative estimate of drug-likeness (QED) is 0.653. The zero-order valence-corrected chi connectivity index (χ0v) is 11.2. The second kappa shape index (κ2) is 4.81. The van der Waals surface area contributed by atoms with Gasteiger partial charge in [0.05, 0.1) is 0 Å². The van der Waals surface area contributed by atoms with Gasteiger partial charge < -0.3 is 15.0 Å². The van der Waals surface area contributed by atoms with Gasteiger partial charge in [-0.15, -0.1) is 0 Å². The van der Waals surface area contributed by atoms with Gasteiger partial charge in [-0.3, -0.25) is 0 Å². The van der Waals surface area contributed by atoms with E-state index in [9.17, 15) is 0 Å². The number of nitrogens with one attached hydrogen (secondary N) is 1. The van der Waals surface area contributed by atoms with Crippen LogP contribution >= 0.6 is 24.4 Å². The minimum absolute atomic E-state index is 0.311. The minimum Gasteiger partial charge on any atom is -0.428 e. The van der Waals surface area contributed by atoms with E-state index in [-0.39, 0.29) is 0 Å². The first-order valence-corrected chi connectivity index (χ1v) is 5.90. The normalized spacial score (nSPS) is 16.9. The maximum atomic E-state index is 5.29. The van der Waals surface area contributed by atoms with Gasteiger partial charge in [-0.2, -0.15) is 0 Å². The summed E-state index contributed by atoms with van der Waals surface area (Å²) in [5.74, 6) is 0.600. The molecule has 1 aliphatic rings. The summed E-state index contributed by atoms with van der Waals surface area (Å²) < 4.78 is 5.29. The molecule has 1 saturated heterocycles. The van der Waals surface area contributed by atoms with Crippen LogP contribution in [0, 0.1) is 0 Å². The molecular formula is C12H12N2OS2. The molecule has 0 atom stereocenters. The average molecular weight is 264 g/mol. The molecule has 0 radical (unpaired) electrons. The predicted octanol–water partition coefficient (Wildman–Crippen LogP) is 2.33. The Labute approximate surface area is 111 Å². The molecule has 0 spiro atoms. The third kappa shape index (κ3) is 2.81. The number of hydrogen-bond donors (Lipinski definition) is 1. The first-order chi connectivity index (χ1) is 8.06. The van der Waals surface area contributed by atoms with E-state index >= 15 is 0 Å². The fourth-order valence-electron chi connectivity index (χ4n) is 1.44. The summed E-state index contributed by atoms with van der Waals surface area (Å²) in [7, 11) is 4.01. The van der Waals surface area contributed by atoms with E-state index in [2.05, 4.69) is 5.32 Å². The van der Waals surface area contributed by atoms with Crippen molar-refractivity contribution in [1.82, 2.24) is 5.32 Å². The lowest BCUT2D eigenvalue weighted by atomic mass is 10.2. The number of thiocarbonyl (C=S) groups is 2. The lowest BCUT2D eigenvalue weighted by molar-refractivity contribution is 0.471. The van der Waals surface area contributed by atoms with Crippen molar-refractivity contribution in [2.75, 3.05) is 19.0 Å². The van der Waals surface area contributed by atoms with Crippen LogP contribution in [0.15, 0.2) is 30.0 Å². The Morgan fingerprint density at radius 3 is 2.29 bits per heavy atom. The molecule has 5 heteroatoms. The van der Waals surface area contributed by atoms with Gasteiger partial charge in [-0.1, -0.05) is 24.4 Å². The van der Waals surface area contributed by atoms with E-state index in [0.29, 0.717) is 15.9 Å². The molecule has 1 fully saturated rings. The number of hydrogen-bond acceptors (Lipinski definition) is 4. The standard InChI is InChI=1S/C12H12N2OS2/c1-14(2)9-5-3-8(4-6-9)7-10-11(16)13-12(17)15-10/h3-7H,1-2H3,(H,13,16,17)/b10-7+. The van der Waals surface area contributed by atoms with Crippen LogP contribution < -0.4 is 10.2 Å². The van der Waals surface area contributed by atoms with E-state index < -0.39 is 0 Å². The Bertz CT molecular complexity index is 492. The largest absolute Gasteiger partial charge is 0.428 e. The number of ether oxygens (including phenoxy) is 1. The number of anilines is 1. The topological polar surface area (TPSA) is 24.5 Å². The summed E-state index contributed by atoms with van der Waals surface area (Å²) >= 11 is 9.96. The molecule has 17 heavy (non-hydrogen) atoms. The van der Waals surface area contributed by atoms with E-state index in [1.165, 1.54) is 0 Å². The van der Waals surface area contributed by atoms with Crippen molar-refractivity contribution < 1.29 is 4.74 Å². The van der Waals surface area contributed by atoms with Crippen LogP contribution in [0.2, 0.25) is 0 Å². The molecule has 1 aliphatic heterocycles. The summed E-state index contributed by atoms with van der Waals surface area (Å²) in [4.78, 5) is 2.58. The molecule has 0 bridgehead atoms. The molecule has 1 heterocycles. The van der Waals surface area contributed by atoms with E-state index in [1.807, 2.05) is 49.3 Å². The molecule has 3 nitrogen and oxygen atoms in total. The molecule has 88 valence electrons. The third-order valence-corrected chi connectivity index (χ3v) is 2.84. The van der Waals surface area contributed by atoms with Gasteiger partial charge >= 0.3 is 0 Å². The second-order valence-corrected chi connectivity index (χ2v) is 4.62. The Hall–Kier alpha value is -1.46. The van der Waals surface area contributed by atoms with Gasteiger partial charge in [0, 0.05) is 19.8 Å². The van der Waals surface area contributed by atoms with Crippen LogP contribution in [0.25, 0.3) is 6.08 Å². The lowest BCUT2D eigenvalue weighted by Gasteiger charge is -2.11. The second-order valence-electron chi connectivity index (χ2n) is 3.84. The molecular weight excluding hydrogens is 252 g/mol. The minimum atomic E-state index is 0.311. The average Bonchev–Trinajstić information content (AvgIpc) is 2.58. The van der Waals surface area contributed by atoms with Crippen LogP contribution in [0.1, 0.15) is 5.56 Å². The number of benzene rings is 1. The fourth-order valence-corrected chi connectivity index (χ4v) is 1.89. The van der Waals surface area contributed by atoms with Crippen molar-refractivity contribution in [3.63, 3.8) is 0 Å². The Morgan fingerprint density at radius 1 is 1.18 bits per heavy atom. The lowest BCUT2D eigenvalue weighted by Crippen LogP contribution is -2.16. The Morgan fingerprint density at radius 2 is 1.82 bits per heavy atom. The van der Waals surface area contributed by atoms with Crippen LogP contribution in [-0.2, 0) is 4.74 Å². The summed E-state index contributed by atoms with van der Waals surface area (Å²) in [6.07, 6.45) is 1.87. The molecule has 0 aliphatic carbocycles. The van der Waals surface area contributed by atoms with Crippen molar-refractivity contribution in [2.24, 2.45) is 0 Å². The molecule has 0 saturated carbocycles. The zero-order valence-electron chi connectivity index (χ0n) is 9.56. The smallest absolute Gasteiger partial charge is 0.267 e. The molecule has 0 unspecified atom stereocenters. The van der Waals surface area contributed by atoms with Crippen molar-refractivity contribution in [2.45, 2.75) is 0 Å². The van der Waals surface area contributed by atoms with Gasteiger partial charge in [0.1, 0.15) is 4.99 Å². The highest BCUT2D eigenvalue weighted by Gasteiger charge is 2.18. The Kier molecular flexibility index (Phi) is 3.40. The van der Waals surface area contributed by atoms with E-state index in [1.54, 1.807) is 0 Å². The first kappa shape index (κ1) is 12.0. The van der Waals surface area contributed by atoms with Gasteiger partial charge in [-0.05, 0) is 36.0 Å². The van der Waals surface area contributed by atoms with Crippen molar-refractivity contribution >= 4 is 46.4 Å². The maximum absolute atomic E-state index is 5.29. The van der Waals surface area contributed by atoms with Gasteiger partial charge in [-0.25, -0.2) is 0 Å². The van der Waals surface area contributed by atoms with Crippen LogP contribution in [0.3, 0.4) is 0 Å². The van der Waals surface area contributed by atoms with Crippen molar-refractivity contribution in [3.8, 4) is 0 Å². The monoisotopic (exact) mass is 264 g/mol. The molecule has 0 aromatic heterocycles. The fraction of sp³-hybridized carbons (Fsp3) is 0.167. The van der Waals surface area contributed by atoms with Crippen LogP contribution in [-0.4, -0.2) is 24.3 Å². The summed E-state index contributed by atoms with van der Waals surface area (Å²) in [5, 5.41) is 3.09. The van der Waals surface area contributed by atoms with Crippen LogP contribution in [0.4, 0.5) is 5.69 Å². The summed E-state index contributed by atoms with van der Waals surface area (Å²) in [6, 6.07) is 8.09. The van der Waals surface area contributed by atoms with Crippen molar-refractivity contribution in [3.05, 3.63) is 35.6 Å².